The smallest absolute Gasteiger partial charge is 0.261 e. The Kier molecular flexibility index (Phi) is 8.74. The molecule has 1 saturated carbocycles. The van der Waals surface area contributed by atoms with Gasteiger partial charge in [-0.15, -0.1) is 0 Å². The second-order valence-electron chi connectivity index (χ2n) is 10.2. The Labute approximate surface area is 219 Å². The number of amides is 4. The van der Waals surface area contributed by atoms with Gasteiger partial charge in [-0.2, -0.15) is 0 Å². The van der Waals surface area contributed by atoms with Gasteiger partial charge in [0.2, 0.25) is 11.8 Å². The summed E-state index contributed by atoms with van der Waals surface area (Å²) in [5, 5.41) is 3.19. The van der Waals surface area contributed by atoms with Gasteiger partial charge in [-0.1, -0.05) is 68.1 Å². The first kappa shape index (κ1) is 26.6. The Morgan fingerprint density at radius 2 is 1.68 bits per heavy atom. The zero-order chi connectivity index (χ0) is 26.4. The Balaban J connectivity index is 1.44. The van der Waals surface area contributed by atoms with Crippen molar-refractivity contribution >= 4 is 23.6 Å². The van der Waals surface area contributed by atoms with E-state index >= 15 is 0 Å². The molecule has 37 heavy (non-hydrogen) atoms. The zero-order valence-electron chi connectivity index (χ0n) is 21.9. The first-order chi connectivity index (χ1) is 17.9. The summed E-state index contributed by atoms with van der Waals surface area (Å²) in [5.74, 6) is -0.884. The van der Waals surface area contributed by atoms with E-state index in [4.69, 9.17) is 0 Å². The Hall–Kier alpha value is -3.48. The second kappa shape index (κ2) is 12.2. The lowest BCUT2D eigenvalue weighted by molar-refractivity contribution is -0.142. The predicted molar refractivity (Wildman–Crippen MR) is 142 cm³/mol. The van der Waals surface area contributed by atoms with E-state index in [1.165, 1.54) is 11.3 Å². The van der Waals surface area contributed by atoms with Gasteiger partial charge in [0.1, 0.15) is 6.04 Å². The maximum atomic E-state index is 13.5. The number of imide groups is 1. The summed E-state index contributed by atoms with van der Waals surface area (Å²) in [6.45, 7) is 4.44. The van der Waals surface area contributed by atoms with Crippen LogP contribution in [0.3, 0.4) is 0 Å². The van der Waals surface area contributed by atoms with Crippen molar-refractivity contribution in [1.82, 2.24) is 15.1 Å². The van der Waals surface area contributed by atoms with Crippen LogP contribution in [0.15, 0.2) is 48.5 Å². The Morgan fingerprint density at radius 3 is 2.30 bits per heavy atom. The van der Waals surface area contributed by atoms with E-state index in [9.17, 15) is 19.2 Å². The van der Waals surface area contributed by atoms with Crippen LogP contribution in [0.1, 0.15) is 90.1 Å². The number of nitrogens with zero attached hydrogens (tertiary/aromatic N) is 2. The molecule has 0 saturated heterocycles. The van der Waals surface area contributed by atoms with E-state index in [2.05, 4.69) is 5.32 Å². The number of benzene rings is 2. The molecule has 2 aromatic carbocycles. The van der Waals surface area contributed by atoms with Crippen molar-refractivity contribution in [3.05, 3.63) is 70.8 Å². The summed E-state index contributed by atoms with van der Waals surface area (Å²) in [6, 6.07) is 14.3. The minimum atomic E-state index is -0.575. The van der Waals surface area contributed by atoms with Crippen LogP contribution in [0, 0.1) is 6.92 Å². The van der Waals surface area contributed by atoms with Crippen molar-refractivity contribution in [2.24, 2.45) is 0 Å². The quantitative estimate of drug-likeness (QED) is 0.479. The molecule has 0 radical (unpaired) electrons. The Morgan fingerprint density at radius 1 is 1.00 bits per heavy atom. The lowest BCUT2D eigenvalue weighted by Crippen LogP contribution is -2.51. The van der Waals surface area contributed by atoms with Crippen LogP contribution in [0.5, 0.6) is 0 Å². The van der Waals surface area contributed by atoms with Crippen molar-refractivity contribution in [2.45, 2.75) is 83.8 Å². The van der Waals surface area contributed by atoms with E-state index in [1.54, 1.807) is 29.2 Å². The Bertz CT molecular complexity index is 1120. The third kappa shape index (κ3) is 6.27. The molecular formula is C30H37N3O4. The van der Waals surface area contributed by atoms with Crippen molar-refractivity contribution in [3.63, 3.8) is 0 Å². The molecule has 0 unspecified atom stereocenters. The number of fused-ring (bicyclic) bond motifs is 1. The normalized spacial score (nSPS) is 16.4. The number of aryl methyl sites for hydroxylation is 1. The van der Waals surface area contributed by atoms with Crippen molar-refractivity contribution in [2.75, 3.05) is 6.54 Å². The molecule has 0 aromatic heterocycles. The topological polar surface area (TPSA) is 86.8 Å². The molecule has 7 heteroatoms. The van der Waals surface area contributed by atoms with Crippen LogP contribution in [0.4, 0.5) is 0 Å². The number of hydrogen-bond acceptors (Lipinski definition) is 4. The fourth-order valence-electron chi connectivity index (χ4n) is 5.45. The van der Waals surface area contributed by atoms with Crippen LogP contribution >= 0.6 is 0 Å². The molecule has 2 aromatic rings. The number of rotatable bonds is 10. The molecule has 4 rings (SSSR count). The lowest BCUT2D eigenvalue weighted by atomic mass is 9.95. The second-order valence-corrected chi connectivity index (χ2v) is 10.2. The van der Waals surface area contributed by atoms with Crippen molar-refractivity contribution < 1.29 is 19.2 Å². The third-order valence-electron chi connectivity index (χ3n) is 7.42. The SMILES string of the molecule is CC[C@@H](C(=O)NC1CCCCC1)N(Cc1cccc(C)c1)C(=O)CCCN1C(=O)c2ccccc2C1=O. The van der Waals surface area contributed by atoms with Gasteiger partial charge in [0.05, 0.1) is 11.1 Å². The standard InChI is InChI=1S/C30H37N3O4/c1-3-26(28(35)31-23-13-5-4-6-14-23)33(20-22-12-9-11-21(2)19-22)27(34)17-10-18-32-29(36)24-15-7-8-16-25(24)30(32)37/h7-9,11-12,15-16,19,23,26H,3-6,10,13-14,17-18,20H2,1-2H3,(H,31,35)/t26-/m0/s1. The molecule has 1 aliphatic carbocycles. The van der Waals surface area contributed by atoms with Gasteiger partial charge < -0.3 is 10.2 Å². The largest absolute Gasteiger partial charge is 0.352 e. The van der Waals surface area contributed by atoms with Gasteiger partial charge in [-0.25, -0.2) is 0 Å². The first-order valence-corrected chi connectivity index (χ1v) is 13.5. The summed E-state index contributed by atoms with van der Waals surface area (Å²) in [5.41, 5.74) is 2.88. The summed E-state index contributed by atoms with van der Waals surface area (Å²) < 4.78 is 0. The summed E-state index contributed by atoms with van der Waals surface area (Å²) in [6.07, 6.45) is 6.39. The van der Waals surface area contributed by atoms with Crippen LogP contribution in [0.2, 0.25) is 0 Å². The predicted octanol–water partition coefficient (Wildman–Crippen LogP) is 4.63. The average molecular weight is 504 g/mol. The summed E-state index contributed by atoms with van der Waals surface area (Å²) in [4.78, 5) is 55.1. The van der Waals surface area contributed by atoms with E-state index in [0.717, 1.165) is 36.8 Å². The molecular weight excluding hydrogens is 466 g/mol. The monoisotopic (exact) mass is 503 g/mol. The molecule has 1 atom stereocenters. The fourth-order valence-corrected chi connectivity index (χ4v) is 5.45. The summed E-state index contributed by atoms with van der Waals surface area (Å²) in [7, 11) is 0. The molecule has 0 spiro atoms. The number of carbonyl (C=O) groups is 4. The van der Waals surface area contributed by atoms with Gasteiger partial charge in [0, 0.05) is 25.6 Å². The third-order valence-corrected chi connectivity index (χ3v) is 7.42. The van der Waals surface area contributed by atoms with E-state index < -0.39 is 6.04 Å². The molecule has 1 N–H and O–H groups in total. The van der Waals surface area contributed by atoms with Crippen LogP contribution in [-0.4, -0.2) is 52.1 Å². The van der Waals surface area contributed by atoms with Crippen LogP contribution in [-0.2, 0) is 16.1 Å². The molecule has 0 bridgehead atoms. The maximum absolute atomic E-state index is 13.5. The maximum Gasteiger partial charge on any atom is 0.261 e. The fraction of sp³-hybridized carbons (Fsp3) is 0.467. The zero-order valence-corrected chi connectivity index (χ0v) is 21.9. The van der Waals surface area contributed by atoms with E-state index in [0.29, 0.717) is 30.5 Å². The summed E-state index contributed by atoms with van der Waals surface area (Å²) >= 11 is 0. The average Bonchev–Trinajstić information content (AvgIpc) is 3.14. The van der Waals surface area contributed by atoms with Crippen LogP contribution < -0.4 is 5.32 Å². The molecule has 196 valence electrons. The van der Waals surface area contributed by atoms with Gasteiger partial charge in [-0.3, -0.25) is 24.1 Å². The molecule has 4 amide bonds. The van der Waals surface area contributed by atoms with Crippen molar-refractivity contribution in [1.29, 1.82) is 0 Å². The van der Waals surface area contributed by atoms with Crippen LogP contribution in [0.25, 0.3) is 0 Å². The van der Waals surface area contributed by atoms with Gasteiger partial charge in [0.25, 0.3) is 11.8 Å². The number of nitrogens with one attached hydrogen (secondary N) is 1. The molecule has 1 heterocycles. The highest BCUT2D eigenvalue weighted by atomic mass is 16.2. The molecule has 7 nitrogen and oxygen atoms in total. The molecule has 1 aliphatic heterocycles. The van der Waals surface area contributed by atoms with Gasteiger partial charge >= 0.3 is 0 Å². The molecule has 2 aliphatic rings. The highest BCUT2D eigenvalue weighted by molar-refractivity contribution is 6.21. The minimum absolute atomic E-state index is 0.101. The van der Waals surface area contributed by atoms with E-state index in [-0.39, 0.29) is 42.6 Å². The number of hydrogen-bond donors (Lipinski definition) is 1. The highest BCUT2D eigenvalue weighted by Crippen LogP contribution is 2.23. The van der Waals surface area contributed by atoms with Gasteiger partial charge in [-0.05, 0) is 50.3 Å². The highest BCUT2D eigenvalue weighted by Gasteiger charge is 2.35. The van der Waals surface area contributed by atoms with Crippen molar-refractivity contribution in [3.8, 4) is 0 Å². The van der Waals surface area contributed by atoms with Gasteiger partial charge in [0.15, 0.2) is 0 Å². The minimum Gasteiger partial charge on any atom is -0.352 e. The molecule has 1 fully saturated rings. The van der Waals surface area contributed by atoms with E-state index in [1.807, 2.05) is 38.1 Å². The number of carbonyl (C=O) groups excluding carboxylic acids is 4. The lowest BCUT2D eigenvalue weighted by Gasteiger charge is -2.33. The first-order valence-electron chi connectivity index (χ1n) is 13.5.